The normalized spacial score (nSPS) is 14.1. The van der Waals surface area contributed by atoms with E-state index in [-0.39, 0.29) is 6.54 Å². The van der Waals surface area contributed by atoms with Crippen LogP contribution >= 0.6 is 0 Å². The number of carbonyl (C=O) groups is 2. The zero-order valence-corrected chi connectivity index (χ0v) is 9.96. The molecule has 96 valence electrons. The van der Waals surface area contributed by atoms with Crippen molar-refractivity contribution in [2.75, 3.05) is 6.54 Å². The van der Waals surface area contributed by atoms with Crippen LogP contribution in [0.3, 0.4) is 0 Å². The van der Waals surface area contributed by atoms with E-state index in [2.05, 4.69) is 5.32 Å². The number of carboxylic acids is 1. The van der Waals surface area contributed by atoms with Gasteiger partial charge in [-0.2, -0.15) is 0 Å². The second-order valence-electron chi connectivity index (χ2n) is 4.03. The topological polar surface area (TPSA) is 86.6 Å². The van der Waals surface area contributed by atoms with Gasteiger partial charge in [0.15, 0.2) is 0 Å². The van der Waals surface area contributed by atoms with Gasteiger partial charge in [0.25, 0.3) is 0 Å². The number of hydrogen-bond acceptors (Lipinski definition) is 3. The fourth-order valence-corrected chi connectivity index (χ4v) is 1.36. The highest BCUT2D eigenvalue weighted by atomic mass is 16.4. The molecule has 1 aromatic carbocycles. The van der Waals surface area contributed by atoms with Crippen LogP contribution in [0.25, 0.3) is 0 Å². The standard InChI is InChI=1S/C13H15NO4/c1-13(18,10-5-3-2-4-6-10)9-14-11(15)7-8-12(16)17/h2-8,18H,9H2,1H3,(H,14,15)(H,16,17)/b8-7-. The summed E-state index contributed by atoms with van der Waals surface area (Å²) >= 11 is 0. The Morgan fingerprint density at radius 3 is 2.44 bits per heavy atom. The van der Waals surface area contributed by atoms with E-state index in [0.717, 1.165) is 12.2 Å². The summed E-state index contributed by atoms with van der Waals surface area (Å²) in [5.41, 5.74) is -0.527. The third-order valence-corrected chi connectivity index (χ3v) is 2.38. The van der Waals surface area contributed by atoms with Gasteiger partial charge in [0.1, 0.15) is 5.60 Å². The van der Waals surface area contributed by atoms with E-state index in [1.165, 1.54) is 0 Å². The summed E-state index contributed by atoms with van der Waals surface area (Å²) in [4.78, 5) is 21.5. The van der Waals surface area contributed by atoms with Gasteiger partial charge in [0, 0.05) is 12.2 Å². The maximum atomic E-state index is 11.3. The average Bonchev–Trinajstić information content (AvgIpc) is 2.35. The summed E-state index contributed by atoms with van der Waals surface area (Å²) in [6.45, 7) is 1.57. The lowest BCUT2D eigenvalue weighted by Gasteiger charge is -2.23. The zero-order chi connectivity index (χ0) is 13.6. The first-order valence-corrected chi connectivity index (χ1v) is 5.38. The maximum absolute atomic E-state index is 11.3. The molecule has 0 heterocycles. The van der Waals surface area contributed by atoms with Crippen LogP contribution in [0.1, 0.15) is 12.5 Å². The van der Waals surface area contributed by atoms with Crippen molar-refractivity contribution >= 4 is 11.9 Å². The first kappa shape index (κ1) is 13.9. The van der Waals surface area contributed by atoms with Crippen molar-refractivity contribution in [2.24, 2.45) is 0 Å². The summed E-state index contributed by atoms with van der Waals surface area (Å²) in [6, 6.07) is 8.90. The first-order chi connectivity index (χ1) is 8.42. The minimum absolute atomic E-state index is 0.000193. The predicted molar refractivity (Wildman–Crippen MR) is 65.8 cm³/mol. The molecular weight excluding hydrogens is 234 g/mol. The molecule has 1 amide bonds. The molecule has 0 radical (unpaired) electrons. The van der Waals surface area contributed by atoms with Crippen LogP contribution in [0.2, 0.25) is 0 Å². The first-order valence-electron chi connectivity index (χ1n) is 5.38. The molecule has 0 aromatic heterocycles. The fourth-order valence-electron chi connectivity index (χ4n) is 1.36. The largest absolute Gasteiger partial charge is 0.478 e. The van der Waals surface area contributed by atoms with Crippen molar-refractivity contribution in [1.29, 1.82) is 0 Å². The second-order valence-corrected chi connectivity index (χ2v) is 4.03. The molecule has 5 heteroatoms. The molecule has 0 saturated heterocycles. The summed E-state index contributed by atoms with van der Waals surface area (Å²) in [5, 5.41) is 20.9. The summed E-state index contributed by atoms with van der Waals surface area (Å²) < 4.78 is 0. The van der Waals surface area contributed by atoms with Crippen molar-refractivity contribution in [3.63, 3.8) is 0 Å². The van der Waals surface area contributed by atoms with Crippen molar-refractivity contribution in [1.82, 2.24) is 5.32 Å². The monoisotopic (exact) mass is 249 g/mol. The van der Waals surface area contributed by atoms with Crippen molar-refractivity contribution in [3.8, 4) is 0 Å². The molecule has 1 unspecified atom stereocenters. The van der Waals surface area contributed by atoms with Gasteiger partial charge >= 0.3 is 5.97 Å². The molecular formula is C13H15NO4. The van der Waals surface area contributed by atoms with Gasteiger partial charge in [0.05, 0.1) is 6.54 Å². The van der Waals surface area contributed by atoms with Crippen molar-refractivity contribution in [2.45, 2.75) is 12.5 Å². The highest BCUT2D eigenvalue weighted by Gasteiger charge is 2.22. The molecule has 0 aliphatic heterocycles. The van der Waals surface area contributed by atoms with Gasteiger partial charge in [-0.3, -0.25) is 4.79 Å². The molecule has 0 bridgehead atoms. The van der Waals surface area contributed by atoms with Crippen LogP contribution in [0.15, 0.2) is 42.5 Å². The number of aliphatic hydroxyl groups is 1. The van der Waals surface area contributed by atoms with E-state index in [0.29, 0.717) is 5.56 Å². The Morgan fingerprint density at radius 1 is 1.28 bits per heavy atom. The lowest BCUT2D eigenvalue weighted by Crippen LogP contribution is -2.37. The molecule has 1 atom stereocenters. The van der Waals surface area contributed by atoms with Gasteiger partial charge < -0.3 is 15.5 Å². The minimum Gasteiger partial charge on any atom is -0.478 e. The van der Waals surface area contributed by atoms with Gasteiger partial charge in [-0.15, -0.1) is 0 Å². The Hall–Kier alpha value is -2.14. The number of amides is 1. The molecule has 1 aromatic rings. The number of carbonyl (C=O) groups excluding carboxylic acids is 1. The van der Waals surface area contributed by atoms with E-state index in [9.17, 15) is 14.7 Å². The van der Waals surface area contributed by atoms with E-state index in [4.69, 9.17) is 5.11 Å². The Morgan fingerprint density at radius 2 is 1.89 bits per heavy atom. The summed E-state index contributed by atoms with van der Waals surface area (Å²) in [5.74, 6) is -1.76. The number of rotatable bonds is 5. The zero-order valence-electron chi connectivity index (χ0n) is 9.96. The predicted octanol–water partition coefficient (Wildman–Crippen LogP) is 0.651. The molecule has 0 aliphatic rings. The van der Waals surface area contributed by atoms with E-state index in [1.54, 1.807) is 31.2 Å². The molecule has 5 nitrogen and oxygen atoms in total. The highest BCUT2D eigenvalue weighted by Crippen LogP contribution is 2.18. The van der Waals surface area contributed by atoms with Crippen molar-refractivity contribution in [3.05, 3.63) is 48.0 Å². The van der Waals surface area contributed by atoms with E-state index < -0.39 is 17.5 Å². The van der Waals surface area contributed by atoms with E-state index >= 15 is 0 Å². The smallest absolute Gasteiger partial charge is 0.328 e. The maximum Gasteiger partial charge on any atom is 0.328 e. The molecule has 0 aliphatic carbocycles. The third kappa shape index (κ3) is 4.39. The molecule has 18 heavy (non-hydrogen) atoms. The number of benzene rings is 1. The van der Waals surface area contributed by atoms with E-state index in [1.807, 2.05) is 6.07 Å². The highest BCUT2D eigenvalue weighted by molar-refractivity contribution is 5.93. The van der Waals surface area contributed by atoms with Gasteiger partial charge in [0.2, 0.25) is 5.91 Å². The van der Waals surface area contributed by atoms with Crippen LogP contribution in [0.4, 0.5) is 0 Å². The Kier molecular flexibility index (Phi) is 4.62. The van der Waals surface area contributed by atoms with Crippen LogP contribution in [0.5, 0.6) is 0 Å². The quantitative estimate of drug-likeness (QED) is 0.669. The lowest BCUT2D eigenvalue weighted by atomic mass is 9.96. The molecule has 3 N–H and O–H groups in total. The Labute approximate surface area is 105 Å². The fraction of sp³-hybridized carbons (Fsp3) is 0.231. The number of carboxylic acid groups (broad SMARTS) is 1. The lowest BCUT2D eigenvalue weighted by molar-refractivity contribution is -0.131. The van der Waals surface area contributed by atoms with Gasteiger partial charge in [-0.05, 0) is 12.5 Å². The summed E-state index contributed by atoms with van der Waals surface area (Å²) in [6.07, 6.45) is 1.65. The molecule has 0 fully saturated rings. The Balaban J connectivity index is 2.57. The molecule has 1 rings (SSSR count). The van der Waals surface area contributed by atoms with Crippen LogP contribution in [-0.2, 0) is 15.2 Å². The Bertz CT molecular complexity index is 451. The van der Waals surface area contributed by atoms with Crippen LogP contribution in [0, 0.1) is 0 Å². The molecule has 0 saturated carbocycles. The van der Waals surface area contributed by atoms with Crippen LogP contribution in [-0.4, -0.2) is 28.6 Å². The number of nitrogens with one attached hydrogen (secondary N) is 1. The number of aliphatic carboxylic acids is 1. The number of hydrogen-bond donors (Lipinski definition) is 3. The third-order valence-electron chi connectivity index (χ3n) is 2.38. The second kappa shape index (κ2) is 5.97. The minimum atomic E-state index is -1.20. The average molecular weight is 249 g/mol. The van der Waals surface area contributed by atoms with Crippen molar-refractivity contribution < 1.29 is 19.8 Å². The van der Waals surface area contributed by atoms with Crippen LogP contribution < -0.4 is 5.32 Å². The van der Waals surface area contributed by atoms with Gasteiger partial charge in [-0.1, -0.05) is 30.3 Å². The SMILES string of the molecule is CC(O)(CNC(=O)/C=C\C(=O)O)c1ccccc1. The molecule has 0 spiro atoms. The summed E-state index contributed by atoms with van der Waals surface area (Å²) in [7, 11) is 0. The van der Waals surface area contributed by atoms with Gasteiger partial charge in [-0.25, -0.2) is 4.79 Å².